The Bertz CT molecular complexity index is 358. The van der Waals surface area contributed by atoms with Gasteiger partial charge in [0.2, 0.25) is 6.04 Å². The van der Waals surface area contributed by atoms with Gasteiger partial charge in [-0.25, -0.2) is 11.0 Å². The van der Waals surface area contributed by atoms with Gasteiger partial charge in [-0.2, -0.15) is 0 Å². The van der Waals surface area contributed by atoms with Crippen LogP contribution in [0.2, 0.25) is 0 Å². The molecular formula is C15H22FNO2. The van der Waals surface area contributed by atoms with Crippen molar-refractivity contribution in [1.29, 1.82) is 0 Å². The number of hydrogen-bond donors (Lipinski definition) is 1. The lowest BCUT2D eigenvalue weighted by molar-refractivity contribution is -0.131. The molecule has 0 bridgehead atoms. The van der Waals surface area contributed by atoms with Gasteiger partial charge in [0.25, 0.3) is 0 Å². The minimum atomic E-state index is -0.740. The lowest BCUT2D eigenvalue weighted by atomic mass is 9.70. The highest BCUT2D eigenvalue weighted by atomic mass is 19.1. The first-order valence-electron chi connectivity index (χ1n) is 7.31. The zero-order chi connectivity index (χ0) is 13.8. The number of nitrogens with zero attached hydrogens (tertiary/aromatic N) is 1. The Morgan fingerprint density at radius 1 is 1.21 bits per heavy atom. The average molecular weight is 267 g/mol. The monoisotopic (exact) mass is 267 g/mol. The molecule has 19 heavy (non-hydrogen) atoms. The second-order valence-corrected chi connectivity index (χ2v) is 6.00. The summed E-state index contributed by atoms with van der Waals surface area (Å²) in [6.07, 6.45) is 3.67. The van der Waals surface area contributed by atoms with Crippen LogP contribution >= 0.6 is 0 Å². The fourth-order valence-electron chi connectivity index (χ4n) is 3.57. The Morgan fingerprint density at radius 2 is 1.89 bits per heavy atom. The van der Waals surface area contributed by atoms with Crippen molar-refractivity contribution in [3.8, 4) is 0 Å². The number of halogens is 1. The van der Waals surface area contributed by atoms with E-state index in [-0.39, 0.29) is 36.2 Å². The van der Waals surface area contributed by atoms with Gasteiger partial charge in [-0.05, 0) is 38.0 Å². The first-order valence-corrected chi connectivity index (χ1v) is 7.31. The third kappa shape index (κ3) is 3.33. The molecular weight excluding hydrogens is 245 g/mol. The summed E-state index contributed by atoms with van der Waals surface area (Å²) in [6.45, 7) is 7.06. The van der Waals surface area contributed by atoms with E-state index in [0.29, 0.717) is 38.5 Å². The van der Waals surface area contributed by atoms with Crippen LogP contribution in [-0.4, -0.2) is 29.7 Å². The number of aliphatic hydroxyl groups excluding tert-OH is 1. The molecule has 2 rings (SSSR count). The zero-order valence-corrected chi connectivity index (χ0v) is 11.2. The predicted octanol–water partition coefficient (Wildman–Crippen LogP) is 2.78. The summed E-state index contributed by atoms with van der Waals surface area (Å²) in [4.78, 5) is 16.1. The quantitative estimate of drug-likeness (QED) is 0.799. The molecule has 2 aliphatic carbocycles. The zero-order valence-electron chi connectivity index (χ0n) is 11.2. The molecule has 0 aromatic heterocycles. The predicted molar refractivity (Wildman–Crippen MR) is 70.2 cm³/mol. The second-order valence-electron chi connectivity index (χ2n) is 6.00. The SMILES string of the molecule is [C-]#[N+]C1CCC(C(=O)C2CCC(F)CC2)C(CO)C1. The van der Waals surface area contributed by atoms with Gasteiger partial charge in [0.1, 0.15) is 12.0 Å². The van der Waals surface area contributed by atoms with E-state index in [0.717, 1.165) is 6.42 Å². The van der Waals surface area contributed by atoms with Crippen LogP contribution in [0.1, 0.15) is 44.9 Å². The lowest BCUT2D eigenvalue weighted by Crippen LogP contribution is -2.38. The Balaban J connectivity index is 1.96. The first-order chi connectivity index (χ1) is 9.15. The maximum atomic E-state index is 13.1. The minimum Gasteiger partial charge on any atom is -0.396 e. The molecule has 106 valence electrons. The van der Waals surface area contributed by atoms with E-state index in [1.54, 1.807) is 0 Å². The summed E-state index contributed by atoms with van der Waals surface area (Å²) in [7, 11) is 0. The summed E-state index contributed by atoms with van der Waals surface area (Å²) in [5, 5.41) is 9.45. The Hall–Kier alpha value is -0.950. The molecule has 1 N–H and O–H groups in total. The smallest absolute Gasteiger partial charge is 0.224 e. The molecule has 2 fully saturated rings. The van der Waals surface area contributed by atoms with E-state index >= 15 is 0 Å². The number of Topliss-reactive ketones (excluding diaryl/α,β-unsaturated/α-hetero) is 1. The number of alkyl halides is 1. The van der Waals surface area contributed by atoms with Gasteiger partial charge in [0, 0.05) is 31.3 Å². The molecule has 4 heteroatoms. The van der Waals surface area contributed by atoms with Crippen molar-refractivity contribution in [2.24, 2.45) is 17.8 Å². The second kappa shape index (κ2) is 6.47. The van der Waals surface area contributed by atoms with Crippen LogP contribution in [0.25, 0.3) is 4.85 Å². The van der Waals surface area contributed by atoms with Crippen LogP contribution < -0.4 is 0 Å². The Morgan fingerprint density at radius 3 is 2.47 bits per heavy atom. The summed E-state index contributed by atoms with van der Waals surface area (Å²) >= 11 is 0. The van der Waals surface area contributed by atoms with Crippen molar-refractivity contribution in [1.82, 2.24) is 0 Å². The maximum absolute atomic E-state index is 13.1. The highest BCUT2D eigenvalue weighted by molar-refractivity contribution is 5.84. The van der Waals surface area contributed by atoms with Gasteiger partial charge in [-0.3, -0.25) is 4.79 Å². The third-order valence-corrected chi connectivity index (χ3v) is 4.80. The lowest BCUT2D eigenvalue weighted by Gasteiger charge is -2.33. The molecule has 0 amide bonds. The van der Waals surface area contributed by atoms with Crippen LogP contribution in [0.15, 0.2) is 0 Å². The van der Waals surface area contributed by atoms with E-state index in [9.17, 15) is 14.3 Å². The fourth-order valence-corrected chi connectivity index (χ4v) is 3.57. The molecule has 3 nitrogen and oxygen atoms in total. The molecule has 0 aliphatic heterocycles. The van der Waals surface area contributed by atoms with Gasteiger partial charge < -0.3 is 9.95 Å². The number of rotatable bonds is 3. The average Bonchev–Trinajstić information content (AvgIpc) is 2.46. The van der Waals surface area contributed by atoms with E-state index in [2.05, 4.69) is 4.85 Å². The number of aliphatic hydroxyl groups is 1. The minimum absolute atomic E-state index is 0.0130. The number of carbonyl (C=O) groups excluding carboxylic acids is 1. The molecule has 3 atom stereocenters. The van der Waals surface area contributed by atoms with E-state index in [1.165, 1.54) is 0 Å². The fraction of sp³-hybridized carbons (Fsp3) is 0.867. The van der Waals surface area contributed by atoms with Crippen LogP contribution in [-0.2, 0) is 4.79 Å². The number of carbonyl (C=O) groups is 1. The van der Waals surface area contributed by atoms with Gasteiger partial charge >= 0.3 is 0 Å². The van der Waals surface area contributed by atoms with Crippen molar-refractivity contribution in [2.75, 3.05) is 6.61 Å². The molecule has 0 radical (unpaired) electrons. The summed E-state index contributed by atoms with van der Waals surface area (Å²) in [6, 6.07) is -0.0391. The van der Waals surface area contributed by atoms with Crippen molar-refractivity contribution in [2.45, 2.75) is 57.2 Å². The molecule has 0 saturated heterocycles. The molecule has 0 spiro atoms. The summed E-state index contributed by atoms with van der Waals surface area (Å²) in [5.41, 5.74) is 0. The molecule has 0 heterocycles. The standard InChI is InChI=1S/C15H22FNO2/c1-17-13-6-7-14(11(8-13)9-18)15(19)10-2-4-12(16)5-3-10/h10-14,18H,2-9H2. The van der Waals surface area contributed by atoms with Crippen LogP contribution in [0.5, 0.6) is 0 Å². The molecule has 0 aromatic carbocycles. The van der Waals surface area contributed by atoms with Crippen LogP contribution in [0.4, 0.5) is 4.39 Å². The van der Waals surface area contributed by atoms with Gasteiger partial charge in [-0.1, -0.05) is 0 Å². The summed E-state index contributed by atoms with van der Waals surface area (Å²) < 4.78 is 13.1. The topological polar surface area (TPSA) is 41.7 Å². The van der Waals surface area contributed by atoms with Crippen molar-refractivity contribution >= 4 is 5.78 Å². The normalized spacial score (nSPS) is 39.5. The van der Waals surface area contributed by atoms with Gasteiger partial charge in [0.05, 0.1) is 0 Å². The summed E-state index contributed by atoms with van der Waals surface area (Å²) in [5.74, 6) is 0.0255. The van der Waals surface area contributed by atoms with Gasteiger partial charge in [-0.15, -0.1) is 0 Å². The number of ketones is 1. The van der Waals surface area contributed by atoms with Crippen LogP contribution in [0, 0.1) is 24.3 Å². The van der Waals surface area contributed by atoms with Crippen molar-refractivity contribution in [3.63, 3.8) is 0 Å². The van der Waals surface area contributed by atoms with Crippen molar-refractivity contribution in [3.05, 3.63) is 11.4 Å². The van der Waals surface area contributed by atoms with Gasteiger partial charge in [0.15, 0.2) is 0 Å². The Labute approximate surface area is 114 Å². The molecule has 0 aromatic rings. The highest BCUT2D eigenvalue weighted by Gasteiger charge is 2.40. The van der Waals surface area contributed by atoms with E-state index in [4.69, 9.17) is 6.57 Å². The highest BCUT2D eigenvalue weighted by Crippen LogP contribution is 2.37. The van der Waals surface area contributed by atoms with E-state index in [1.807, 2.05) is 0 Å². The largest absolute Gasteiger partial charge is 0.396 e. The molecule has 2 saturated carbocycles. The molecule has 3 unspecified atom stereocenters. The Kier molecular flexibility index (Phi) is 4.93. The van der Waals surface area contributed by atoms with E-state index < -0.39 is 6.17 Å². The molecule has 2 aliphatic rings. The third-order valence-electron chi connectivity index (χ3n) is 4.80. The maximum Gasteiger partial charge on any atom is 0.224 e. The van der Waals surface area contributed by atoms with Crippen LogP contribution in [0.3, 0.4) is 0 Å². The van der Waals surface area contributed by atoms with Crippen molar-refractivity contribution < 1.29 is 14.3 Å². The first kappa shape index (κ1) is 14.5. The number of hydrogen-bond acceptors (Lipinski definition) is 2.